The summed E-state index contributed by atoms with van der Waals surface area (Å²) in [6, 6.07) is 11.0. The number of nitrogen functional groups attached to an aromatic ring is 2. The average molecular weight is 1840 g/mol. The lowest BCUT2D eigenvalue weighted by atomic mass is 9.79. The van der Waals surface area contributed by atoms with Gasteiger partial charge in [0.05, 0.1) is 93.5 Å². The number of nitrogens with one attached hydrogen (secondary N) is 1. The van der Waals surface area contributed by atoms with E-state index >= 15 is 0 Å². The maximum absolute atomic E-state index is 14.9. The second kappa shape index (κ2) is 47.0. The molecule has 0 unspecified atom stereocenters. The van der Waals surface area contributed by atoms with Crippen molar-refractivity contribution in [2.75, 3.05) is 109 Å². The quantitative estimate of drug-likeness (QED) is 0.00975. The third kappa shape index (κ3) is 25.6. The number of carbonyl (C=O) groups excluding carboxylic acids is 7. The molecule has 1 aliphatic carbocycles. The van der Waals surface area contributed by atoms with Crippen molar-refractivity contribution in [3.05, 3.63) is 127 Å². The van der Waals surface area contributed by atoms with Gasteiger partial charge in [-0.05, 0) is 144 Å². The number of aliphatic hydroxyl groups is 3. The molecule has 5 aliphatic rings. The zero-order valence-corrected chi connectivity index (χ0v) is 77.2. The van der Waals surface area contributed by atoms with E-state index < -0.39 is 101 Å². The predicted octanol–water partition coefficient (Wildman–Crippen LogP) is 7.84. The highest BCUT2D eigenvalue weighted by molar-refractivity contribution is 6.39. The van der Waals surface area contributed by atoms with Gasteiger partial charge in [0.2, 0.25) is 23.5 Å². The number of carbonyl (C=O) groups is 7. The number of hydrogen-bond donors (Lipinski definition) is 7. The summed E-state index contributed by atoms with van der Waals surface area (Å²) in [4.78, 5) is 126. The Hall–Kier alpha value is -11.3. The minimum absolute atomic E-state index is 0.00493. The molecule has 38 nitrogen and oxygen atoms in total. The Balaban J connectivity index is 0.536. The molecule has 10 heterocycles. The van der Waals surface area contributed by atoms with Crippen LogP contribution in [0, 0.1) is 29.6 Å². The number of hydrogen-bond acceptors (Lipinski definition) is 32. The molecule has 38 heteroatoms. The number of allylic oxidation sites excluding steroid dienone is 6. The van der Waals surface area contributed by atoms with Crippen LogP contribution in [0.15, 0.2) is 126 Å². The molecule has 0 radical (unpaired) electrons. The Morgan fingerprint density at radius 3 is 2.29 bits per heavy atom. The van der Waals surface area contributed by atoms with E-state index in [1.807, 2.05) is 96.4 Å². The fourth-order valence-corrected chi connectivity index (χ4v) is 18.3. The summed E-state index contributed by atoms with van der Waals surface area (Å²) in [6.07, 6.45) is 19.7. The minimum Gasteiger partial charge on any atom is -0.459 e. The summed E-state index contributed by atoms with van der Waals surface area (Å²) in [5.41, 5.74) is 27.4. The summed E-state index contributed by atoms with van der Waals surface area (Å²) in [5.74, 6) is -8.39. The van der Waals surface area contributed by atoms with Crippen LogP contribution >= 0.6 is 0 Å². The Morgan fingerprint density at radius 1 is 0.744 bits per heavy atom. The molecule has 10 N–H and O–H groups in total. The normalized spacial score (nSPS) is 25.9. The van der Waals surface area contributed by atoms with Gasteiger partial charge in [0.1, 0.15) is 53.5 Å². The number of rotatable bonds is 30. The molecule has 4 fully saturated rings. The van der Waals surface area contributed by atoms with Crippen LogP contribution in [0.4, 0.5) is 17.8 Å². The Bertz CT molecular complexity index is 5410. The number of Topliss-reactive ketones (excluding diaryl/α,β-unsaturated/α-hetero) is 3. The van der Waals surface area contributed by atoms with Gasteiger partial charge < -0.3 is 90.1 Å². The van der Waals surface area contributed by atoms with Gasteiger partial charge in [-0.25, -0.2) is 38.8 Å². The van der Waals surface area contributed by atoms with E-state index in [-0.39, 0.29) is 93.0 Å². The molecule has 2 aromatic carbocycles. The number of ether oxygens (including phenoxy) is 7. The van der Waals surface area contributed by atoms with Crippen LogP contribution < -0.4 is 27.4 Å². The van der Waals surface area contributed by atoms with Crippen molar-refractivity contribution in [1.82, 2.24) is 79.8 Å². The molecule has 2 bridgehead atoms. The number of benzene rings is 2. The molecule has 3 amide bonds. The highest BCUT2D eigenvalue weighted by atomic mass is 16.6. The van der Waals surface area contributed by atoms with Crippen LogP contribution in [-0.2, 0) is 86.2 Å². The zero-order valence-electron chi connectivity index (χ0n) is 77.2. The molecular formula is C95H128N20O18. The Labute approximate surface area is 773 Å². The highest BCUT2D eigenvalue weighted by Gasteiger charge is 2.53. The number of aryl methyl sites for hydroxylation is 2. The van der Waals surface area contributed by atoms with E-state index in [4.69, 9.17) is 69.8 Å². The number of unbranched alkanes of at least 4 members (excludes halogenated alkanes) is 1. The van der Waals surface area contributed by atoms with E-state index in [1.165, 1.54) is 19.3 Å². The van der Waals surface area contributed by atoms with Crippen LogP contribution in [0.1, 0.15) is 156 Å². The minimum atomic E-state index is -2.51. The molecule has 3 saturated heterocycles. The number of aliphatic hydroxyl groups excluding tert-OH is 2. The summed E-state index contributed by atoms with van der Waals surface area (Å²) in [6.45, 7) is 16.0. The van der Waals surface area contributed by atoms with Gasteiger partial charge >= 0.3 is 5.97 Å². The van der Waals surface area contributed by atoms with Gasteiger partial charge in [-0.3, -0.25) is 28.8 Å². The maximum Gasteiger partial charge on any atom is 0.329 e. The van der Waals surface area contributed by atoms with Crippen molar-refractivity contribution in [1.29, 1.82) is 0 Å². The molecule has 0 spiro atoms. The van der Waals surface area contributed by atoms with Crippen LogP contribution in [0.5, 0.6) is 0 Å². The number of piperidine rings is 1. The SMILES string of the molecule is CO[C@H]1C[C@@H]2CC[C@@H](C)[C@@](O)(O2)C(=O)C(=O)N2CCCC[C@H]2C(=O)O[C@H]([C@H](N)C[C@@H]2CC[C@H](n3nncc3-c3cccc(-c4cnc(N5CCN(C(=O)CCc6cn(CCOCCOCCOCCC(=O)NCCCCn7nc(-c8ccc9oc(N)nc9c8)c8c(N)ncnc87)nn6)CC5)nc4)c3)[C@H](OC)C2)CC(=O)[C@H](C)/C=C(\C)[C@@H](O)[C@@H](O)C(=O)[C@H](C)C[C@H](C)/C=C/C=CC=C1C. The van der Waals surface area contributed by atoms with Crippen molar-refractivity contribution in [3.63, 3.8) is 0 Å². The first-order valence-corrected chi connectivity index (χ1v) is 46.4. The monoisotopic (exact) mass is 1840 g/mol. The molecule has 716 valence electrons. The smallest absolute Gasteiger partial charge is 0.329 e. The number of nitrogens with zero attached hydrogens (tertiary/aromatic N) is 16. The van der Waals surface area contributed by atoms with E-state index in [0.29, 0.717) is 188 Å². The van der Waals surface area contributed by atoms with Gasteiger partial charge in [0.15, 0.2) is 17.0 Å². The number of amides is 3. The molecule has 15 atom stereocenters. The summed E-state index contributed by atoms with van der Waals surface area (Å²) in [5, 5.41) is 60.9. The number of ketones is 3. The molecule has 8 aromatic rings. The largest absolute Gasteiger partial charge is 0.459 e. The van der Waals surface area contributed by atoms with Crippen LogP contribution in [0.25, 0.3) is 55.8 Å². The number of esters is 1. The fourth-order valence-electron chi connectivity index (χ4n) is 18.3. The van der Waals surface area contributed by atoms with Gasteiger partial charge in [-0.1, -0.05) is 92.8 Å². The van der Waals surface area contributed by atoms with Crippen LogP contribution in [0.3, 0.4) is 0 Å². The molecular weight excluding hydrogens is 1710 g/mol. The zero-order chi connectivity index (χ0) is 94.4. The second-order valence-electron chi connectivity index (χ2n) is 35.7. The first kappa shape index (κ1) is 99.2. The lowest BCUT2D eigenvalue weighted by Gasteiger charge is -2.42. The predicted molar refractivity (Wildman–Crippen MR) is 492 cm³/mol. The number of piperazine rings is 1. The average Bonchev–Trinajstić information content (AvgIpc) is 1.64. The number of cyclic esters (lactones) is 1. The number of aromatic nitrogens is 13. The standard InChI is InChI=1S/C95H128N20O18/c1-58-17-10-9-11-18-59(2)78(126-7)51-70-26-22-63(6)95(125,133-70)88(122)91(123)113-32-14-12-21-74(113)92(124)131-79(52-76(116)60(3)46-62(5)86(120)87(121)85(119)61(4)45-58)71(96)47-64-23-27-73(80(48-64)127-8)115-75(55-104-108-115)66-20-16-19-65(49-66)68-53-100-94(101-54-68)111-36-34-110(35-37-111)82(118)29-25-69-56-112(109-106-69)38-40-129-42-44-130-43-41-128-39-30-81(117)99-31-13-15-33-114-90-83(89(97)102-57-103-90)84(107-114)67-24-28-77-72(50-67)105-93(98)132-77/h9-11,16-20,24,28,46,49-50,53-58,60-61,63-64,70-71,73-74,78-80,86-87,120-121,125H,12-15,21-23,25-27,29-45,47-48,51-52,96H2,1-8H3,(H2,98,105)(H,99,117)(H2,97,102,103)/b11-9?,17-10+,59-18?,62-46+/t58-,60-,61-,63-,64+,70+,71-,73+,74+,78+,79+,80-,86-,87+,95-/m1/s1. The van der Waals surface area contributed by atoms with E-state index in [2.05, 4.69) is 45.8 Å². The Kier molecular flexibility index (Phi) is 35.1. The third-order valence-corrected chi connectivity index (χ3v) is 26.1. The first-order chi connectivity index (χ1) is 64.1. The van der Waals surface area contributed by atoms with Crippen molar-refractivity contribution < 1.29 is 86.5 Å². The maximum atomic E-state index is 14.9. The molecule has 4 aliphatic heterocycles. The highest BCUT2D eigenvalue weighted by Crippen LogP contribution is 2.42. The lowest BCUT2D eigenvalue weighted by Crippen LogP contribution is -2.61. The second-order valence-corrected chi connectivity index (χ2v) is 35.7. The van der Waals surface area contributed by atoms with Crippen molar-refractivity contribution in [2.45, 2.75) is 224 Å². The molecule has 13 rings (SSSR count). The third-order valence-electron chi connectivity index (χ3n) is 26.1. The molecule has 6 aromatic heterocycles. The fraction of sp³-hybridized carbons (Fsp3) is 0.568. The Morgan fingerprint density at radius 2 is 1.51 bits per heavy atom. The molecule has 133 heavy (non-hydrogen) atoms. The van der Waals surface area contributed by atoms with Gasteiger partial charge in [0.25, 0.3) is 17.7 Å². The summed E-state index contributed by atoms with van der Waals surface area (Å²) in [7, 11) is 3.19. The topological polar surface area (TPSA) is 501 Å². The van der Waals surface area contributed by atoms with Crippen LogP contribution in [0.2, 0.25) is 0 Å². The number of fused-ring (bicyclic) bond motifs is 5. The van der Waals surface area contributed by atoms with E-state index in [9.17, 15) is 48.9 Å². The van der Waals surface area contributed by atoms with E-state index in [1.54, 1.807) is 69.0 Å². The van der Waals surface area contributed by atoms with Crippen LogP contribution in [-0.4, -0.2) is 278 Å². The van der Waals surface area contributed by atoms with Crippen molar-refractivity contribution in [3.8, 4) is 33.6 Å². The number of nitrogens with two attached hydrogens (primary N) is 3. The van der Waals surface area contributed by atoms with E-state index in [0.717, 1.165) is 44.8 Å². The van der Waals surface area contributed by atoms with Crippen molar-refractivity contribution in [2.24, 2.45) is 35.3 Å². The first-order valence-electron chi connectivity index (χ1n) is 46.4. The molecule has 1 saturated carbocycles. The van der Waals surface area contributed by atoms with Crippen molar-refractivity contribution >= 4 is 81.0 Å². The van der Waals surface area contributed by atoms with Gasteiger partial charge in [-0.2, -0.15) is 10.1 Å². The van der Waals surface area contributed by atoms with Gasteiger partial charge in [0, 0.05) is 151 Å². The van der Waals surface area contributed by atoms with Gasteiger partial charge in [-0.15, -0.1) is 10.2 Å². The number of oxazole rings is 1. The number of methoxy groups -OCH3 is 2. The lowest BCUT2D eigenvalue weighted by molar-refractivity contribution is -0.265. The summed E-state index contributed by atoms with van der Waals surface area (Å²) < 4.78 is 52.6. The number of anilines is 3. The summed E-state index contributed by atoms with van der Waals surface area (Å²) >= 11 is 0.